The monoisotopic (exact) mass is 707 g/mol. The SMILES string of the molecule is CC(C)C[C@H](NC(=O)[C@H](CO)NC(=O)[C@H](CO)NC(=O)[C@H](CS)NC(=O)[C@H](CO)NC(=O)[C@@H](NC(=O)[C@@H](N)CC(C)C)C(C)C)C(=O)O. The van der Waals surface area contributed by atoms with Gasteiger partial charge in [0.15, 0.2) is 0 Å². The van der Waals surface area contributed by atoms with Crippen LogP contribution in [0.4, 0.5) is 0 Å². The number of carboxylic acids is 1. The quantitative estimate of drug-likeness (QED) is 0.0479. The molecule has 0 aromatic carbocycles. The number of amides is 6. The summed E-state index contributed by atoms with van der Waals surface area (Å²) in [5.74, 6) is -7.61. The molecule has 0 fully saturated rings. The van der Waals surface area contributed by atoms with E-state index in [1.165, 1.54) is 0 Å². The molecular formula is C29H53N7O11S. The summed E-state index contributed by atoms with van der Waals surface area (Å²) in [4.78, 5) is 88.1. The first-order chi connectivity index (χ1) is 22.3. The second-order valence-electron chi connectivity index (χ2n) is 12.5. The van der Waals surface area contributed by atoms with Crippen LogP contribution in [0.2, 0.25) is 0 Å². The summed E-state index contributed by atoms with van der Waals surface area (Å²) < 4.78 is 0. The van der Waals surface area contributed by atoms with Crippen LogP contribution >= 0.6 is 12.6 Å². The average molecular weight is 708 g/mol. The second-order valence-corrected chi connectivity index (χ2v) is 12.8. The minimum absolute atomic E-state index is 0.0716. The highest BCUT2D eigenvalue weighted by Gasteiger charge is 2.33. The molecule has 6 amide bonds. The van der Waals surface area contributed by atoms with E-state index in [-0.39, 0.29) is 24.0 Å². The maximum absolute atomic E-state index is 13.0. The fourth-order valence-electron chi connectivity index (χ4n) is 4.23. The van der Waals surface area contributed by atoms with Crippen LogP contribution in [0.5, 0.6) is 0 Å². The number of aliphatic carboxylic acids is 1. The molecule has 0 aromatic rings. The van der Waals surface area contributed by atoms with Crippen molar-refractivity contribution < 1.29 is 54.0 Å². The van der Waals surface area contributed by atoms with Gasteiger partial charge in [0.2, 0.25) is 35.4 Å². The third kappa shape index (κ3) is 15.6. The highest BCUT2D eigenvalue weighted by Crippen LogP contribution is 2.08. The normalized spacial score (nSPS) is 15.7. The molecular weight excluding hydrogens is 654 g/mol. The van der Waals surface area contributed by atoms with Crippen LogP contribution in [-0.2, 0) is 33.6 Å². The fraction of sp³-hybridized carbons (Fsp3) is 0.759. The van der Waals surface area contributed by atoms with Crippen LogP contribution in [-0.4, -0.2) is 130 Å². The molecule has 7 atom stereocenters. The molecule has 12 N–H and O–H groups in total. The third-order valence-corrected chi connectivity index (χ3v) is 7.26. The van der Waals surface area contributed by atoms with E-state index in [1.54, 1.807) is 27.7 Å². The molecule has 0 rings (SSSR count). The topological polar surface area (TPSA) is 299 Å². The number of aliphatic hydroxyl groups excluding tert-OH is 3. The number of nitrogens with two attached hydrogens (primary N) is 1. The van der Waals surface area contributed by atoms with E-state index in [2.05, 4.69) is 44.5 Å². The van der Waals surface area contributed by atoms with Gasteiger partial charge >= 0.3 is 5.97 Å². The van der Waals surface area contributed by atoms with Crippen LogP contribution in [0.25, 0.3) is 0 Å². The molecule has 0 radical (unpaired) electrons. The summed E-state index contributed by atoms with van der Waals surface area (Å²) in [6.45, 7) is 7.72. The summed E-state index contributed by atoms with van der Waals surface area (Å²) in [5, 5.41) is 52.2. The highest BCUT2D eigenvalue weighted by atomic mass is 32.1. The Morgan fingerprint density at radius 1 is 0.542 bits per heavy atom. The smallest absolute Gasteiger partial charge is 0.326 e. The molecule has 19 heteroatoms. The summed E-state index contributed by atoms with van der Waals surface area (Å²) >= 11 is 4.03. The molecule has 276 valence electrons. The molecule has 0 aromatic heterocycles. The summed E-state index contributed by atoms with van der Waals surface area (Å²) in [5.41, 5.74) is 5.91. The Hall–Kier alpha value is -3.52. The van der Waals surface area contributed by atoms with Crippen molar-refractivity contribution in [3.63, 3.8) is 0 Å². The average Bonchev–Trinajstić information content (AvgIpc) is 3.00. The van der Waals surface area contributed by atoms with Crippen molar-refractivity contribution >= 4 is 54.0 Å². The van der Waals surface area contributed by atoms with Crippen molar-refractivity contribution in [1.82, 2.24) is 31.9 Å². The zero-order chi connectivity index (χ0) is 37.3. The van der Waals surface area contributed by atoms with E-state index >= 15 is 0 Å². The number of hydrogen-bond acceptors (Lipinski definition) is 12. The van der Waals surface area contributed by atoms with E-state index in [0.717, 1.165) is 0 Å². The van der Waals surface area contributed by atoms with Crippen molar-refractivity contribution in [2.45, 2.75) is 96.7 Å². The summed E-state index contributed by atoms with van der Waals surface area (Å²) in [6.07, 6.45) is 0.442. The third-order valence-electron chi connectivity index (χ3n) is 6.89. The first-order valence-electron chi connectivity index (χ1n) is 15.6. The van der Waals surface area contributed by atoms with Crippen LogP contribution in [0.15, 0.2) is 0 Å². The Labute approximate surface area is 285 Å². The Morgan fingerprint density at radius 2 is 0.896 bits per heavy atom. The number of nitrogens with one attached hydrogen (secondary N) is 6. The van der Waals surface area contributed by atoms with Crippen LogP contribution in [0.3, 0.4) is 0 Å². The Balaban J connectivity index is 5.49. The predicted octanol–water partition coefficient (Wildman–Crippen LogP) is -4.04. The maximum atomic E-state index is 13.0. The van der Waals surface area contributed by atoms with Gasteiger partial charge < -0.3 is 58.1 Å². The highest BCUT2D eigenvalue weighted by molar-refractivity contribution is 7.80. The van der Waals surface area contributed by atoms with Crippen LogP contribution in [0, 0.1) is 17.8 Å². The Kier molecular flexibility index (Phi) is 20.6. The predicted molar refractivity (Wildman–Crippen MR) is 176 cm³/mol. The first kappa shape index (κ1) is 44.5. The number of thiol groups is 1. The molecule has 0 aliphatic carbocycles. The van der Waals surface area contributed by atoms with Crippen molar-refractivity contribution in [3.05, 3.63) is 0 Å². The number of carbonyl (C=O) groups is 7. The van der Waals surface area contributed by atoms with Gasteiger partial charge in [0.25, 0.3) is 0 Å². The molecule has 0 spiro atoms. The van der Waals surface area contributed by atoms with Gasteiger partial charge in [-0.3, -0.25) is 28.8 Å². The lowest BCUT2D eigenvalue weighted by molar-refractivity contribution is -0.143. The molecule has 48 heavy (non-hydrogen) atoms. The van der Waals surface area contributed by atoms with Gasteiger partial charge in [-0.05, 0) is 30.6 Å². The van der Waals surface area contributed by atoms with Gasteiger partial charge in [0.05, 0.1) is 25.9 Å². The standard InChI is InChI=1S/C29H53N7O11S/c1-13(2)7-16(30)23(40)36-22(15(5)6)28(45)34-20(11-39)26(43)35-21(12-48)27(44)33-19(10-38)25(42)32-18(9-37)24(41)31-17(29(46)47)8-14(3)4/h13-22,37-39,48H,7-12,30H2,1-6H3,(H,31,41)(H,32,42)(H,33,44)(H,34,45)(H,35,43)(H,36,40)(H,46,47)/t16-,17-,18-,19-,20-,21-,22-/m0/s1. The van der Waals surface area contributed by atoms with E-state index in [9.17, 15) is 54.0 Å². The van der Waals surface area contributed by atoms with E-state index in [1.807, 2.05) is 13.8 Å². The lowest BCUT2D eigenvalue weighted by Crippen LogP contribution is -2.61. The van der Waals surface area contributed by atoms with Gasteiger partial charge in [0.1, 0.15) is 36.3 Å². The van der Waals surface area contributed by atoms with Crippen molar-refractivity contribution in [2.75, 3.05) is 25.6 Å². The Morgan fingerprint density at radius 3 is 1.23 bits per heavy atom. The maximum Gasteiger partial charge on any atom is 0.326 e. The van der Waals surface area contributed by atoms with E-state index in [0.29, 0.717) is 6.42 Å². The van der Waals surface area contributed by atoms with Crippen LogP contribution < -0.4 is 37.6 Å². The van der Waals surface area contributed by atoms with Crippen molar-refractivity contribution in [1.29, 1.82) is 0 Å². The van der Waals surface area contributed by atoms with Gasteiger partial charge in [-0.2, -0.15) is 12.6 Å². The number of carboxylic acid groups (broad SMARTS) is 1. The minimum atomic E-state index is -1.68. The number of rotatable bonds is 22. The molecule has 0 saturated heterocycles. The van der Waals surface area contributed by atoms with Gasteiger partial charge in [0, 0.05) is 5.75 Å². The largest absolute Gasteiger partial charge is 0.480 e. The molecule has 18 nitrogen and oxygen atoms in total. The molecule has 0 saturated carbocycles. The van der Waals surface area contributed by atoms with Crippen molar-refractivity contribution in [2.24, 2.45) is 23.5 Å². The second kappa shape index (κ2) is 22.2. The van der Waals surface area contributed by atoms with Gasteiger partial charge in [-0.15, -0.1) is 0 Å². The molecule has 0 bridgehead atoms. The molecule has 0 unspecified atom stereocenters. The first-order valence-corrected chi connectivity index (χ1v) is 16.2. The molecule has 0 aliphatic heterocycles. The minimum Gasteiger partial charge on any atom is -0.480 e. The zero-order valence-electron chi connectivity index (χ0n) is 28.2. The van der Waals surface area contributed by atoms with Gasteiger partial charge in [-0.1, -0.05) is 41.5 Å². The molecule has 0 aliphatic rings. The summed E-state index contributed by atoms with van der Waals surface area (Å²) in [7, 11) is 0. The number of aliphatic hydroxyl groups is 3. The molecule has 0 heterocycles. The van der Waals surface area contributed by atoms with E-state index < -0.39 is 109 Å². The zero-order valence-corrected chi connectivity index (χ0v) is 29.1. The number of hydrogen-bond donors (Lipinski definition) is 12. The lowest BCUT2D eigenvalue weighted by Gasteiger charge is -2.27. The van der Waals surface area contributed by atoms with Crippen LogP contribution in [0.1, 0.15) is 54.4 Å². The number of carbonyl (C=O) groups excluding carboxylic acids is 6. The van der Waals surface area contributed by atoms with Gasteiger partial charge in [-0.25, -0.2) is 4.79 Å². The summed E-state index contributed by atoms with van der Waals surface area (Å²) in [6, 6.07) is -9.62. The lowest BCUT2D eigenvalue weighted by atomic mass is 10.00. The van der Waals surface area contributed by atoms with E-state index in [4.69, 9.17) is 5.73 Å². The fourth-order valence-corrected chi connectivity index (χ4v) is 4.49. The Bertz CT molecular complexity index is 1110. The van der Waals surface area contributed by atoms with Crippen molar-refractivity contribution in [3.8, 4) is 0 Å².